The van der Waals surface area contributed by atoms with Gasteiger partial charge in [0.1, 0.15) is 0 Å². The molecule has 1 saturated heterocycles. The van der Waals surface area contributed by atoms with Crippen LogP contribution in [0.25, 0.3) is 10.8 Å². The molecule has 0 atom stereocenters. The predicted molar refractivity (Wildman–Crippen MR) is 101 cm³/mol. The Balaban J connectivity index is 1.37. The minimum atomic E-state index is -0.784. The van der Waals surface area contributed by atoms with Gasteiger partial charge in [0.25, 0.3) is 0 Å². The lowest BCUT2D eigenvalue weighted by atomic mass is 10.0. The largest absolute Gasteiger partial charge is 0.297 e. The first-order valence-electron chi connectivity index (χ1n) is 9.04. The average Bonchev–Trinajstić information content (AvgIpc) is 2.67. The minimum Gasteiger partial charge on any atom is -0.297 e. The standard InChI is InChI=1S/C22H22F2N2/c23-21-9-8-17(14-22(21)24)15-25-10-12-26(13-11-25)16-19-6-3-5-18-4-1-2-7-20(18)19/h1-9,14H,10-13,15-16H2. The maximum atomic E-state index is 13.4. The fourth-order valence-corrected chi connectivity index (χ4v) is 3.67. The third-order valence-electron chi connectivity index (χ3n) is 5.13. The molecule has 0 bridgehead atoms. The van der Waals surface area contributed by atoms with Gasteiger partial charge in [0.05, 0.1) is 0 Å². The molecule has 26 heavy (non-hydrogen) atoms. The van der Waals surface area contributed by atoms with Crippen LogP contribution in [0, 0.1) is 11.6 Å². The summed E-state index contributed by atoms with van der Waals surface area (Å²) in [5.41, 5.74) is 2.18. The van der Waals surface area contributed by atoms with E-state index in [0.29, 0.717) is 6.54 Å². The first-order valence-corrected chi connectivity index (χ1v) is 9.04. The molecule has 3 aromatic rings. The Hall–Kier alpha value is -2.30. The quantitative estimate of drug-likeness (QED) is 0.685. The normalized spacial score (nSPS) is 16.2. The molecule has 3 aromatic carbocycles. The molecule has 0 N–H and O–H groups in total. The van der Waals surface area contributed by atoms with Gasteiger partial charge in [0.2, 0.25) is 0 Å². The van der Waals surface area contributed by atoms with Gasteiger partial charge in [0, 0.05) is 39.3 Å². The zero-order valence-electron chi connectivity index (χ0n) is 14.7. The highest BCUT2D eigenvalue weighted by Crippen LogP contribution is 2.21. The molecule has 0 aromatic heterocycles. The van der Waals surface area contributed by atoms with Gasteiger partial charge < -0.3 is 0 Å². The predicted octanol–water partition coefficient (Wildman–Crippen LogP) is 4.44. The van der Waals surface area contributed by atoms with Gasteiger partial charge in [-0.25, -0.2) is 8.78 Å². The third kappa shape index (κ3) is 3.76. The molecule has 0 saturated carbocycles. The molecule has 134 valence electrons. The highest BCUT2D eigenvalue weighted by Gasteiger charge is 2.18. The van der Waals surface area contributed by atoms with Gasteiger partial charge in [-0.05, 0) is 34.0 Å². The van der Waals surface area contributed by atoms with Crippen molar-refractivity contribution in [1.29, 1.82) is 0 Å². The molecular weight excluding hydrogens is 330 g/mol. The number of halogens is 2. The Morgan fingerprint density at radius 2 is 1.38 bits per heavy atom. The van der Waals surface area contributed by atoms with E-state index in [0.717, 1.165) is 38.3 Å². The summed E-state index contributed by atoms with van der Waals surface area (Å²) in [5, 5.41) is 2.60. The Labute approximate surface area is 152 Å². The number of hydrogen-bond acceptors (Lipinski definition) is 2. The summed E-state index contributed by atoms with van der Waals surface area (Å²) >= 11 is 0. The van der Waals surface area contributed by atoms with Crippen LogP contribution in [-0.4, -0.2) is 36.0 Å². The lowest BCUT2D eigenvalue weighted by Gasteiger charge is -2.35. The Bertz CT molecular complexity index is 896. The Kier molecular flexibility index (Phi) is 4.96. The number of benzene rings is 3. The van der Waals surface area contributed by atoms with Crippen LogP contribution in [0.15, 0.2) is 60.7 Å². The topological polar surface area (TPSA) is 6.48 Å². The molecule has 1 aliphatic heterocycles. The molecule has 2 nitrogen and oxygen atoms in total. The number of nitrogens with zero attached hydrogens (tertiary/aromatic N) is 2. The number of fused-ring (bicyclic) bond motifs is 1. The SMILES string of the molecule is Fc1ccc(CN2CCN(Cc3cccc4ccccc34)CC2)cc1F. The van der Waals surface area contributed by atoms with Crippen molar-refractivity contribution >= 4 is 10.8 Å². The monoisotopic (exact) mass is 352 g/mol. The van der Waals surface area contributed by atoms with Gasteiger partial charge in [0.15, 0.2) is 11.6 Å². The van der Waals surface area contributed by atoms with Crippen LogP contribution in [0.3, 0.4) is 0 Å². The van der Waals surface area contributed by atoms with Crippen LogP contribution in [-0.2, 0) is 13.1 Å². The van der Waals surface area contributed by atoms with Crippen LogP contribution in [0.2, 0.25) is 0 Å². The van der Waals surface area contributed by atoms with Gasteiger partial charge in [-0.15, -0.1) is 0 Å². The van der Waals surface area contributed by atoms with Crippen molar-refractivity contribution in [1.82, 2.24) is 9.80 Å². The van der Waals surface area contributed by atoms with Crippen molar-refractivity contribution in [3.63, 3.8) is 0 Å². The van der Waals surface area contributed by atoms with Crippen LogP contribution in [0.1, 0.15) is 11.1 Å². The summed E-state index contributed by atoms with van der Waals surface area (Å²) < 4.78 is 26.4. The van der Waals surface area contributed by atoms with Gasteiger partial charge in [-0.3, -0.25) is 9.80 Å². The lowest BCUT2D eigenvalue weighted by molar-refractivity contribution is 0.122. The molecule has 0 spiro atoms. The van der Waals surface area contributed by atoms with Crippen LogP contribution in [0.4, 0.5) is 8.78 Å². The maximum absolute atomic E-state index is 13.4. The molecule has 1 heterocycles. The number of rotatable bonds is 4. The molecule has 1 aliphatic rings. The summed E-state index contributed by atoms with van der Waals surface area (Å²) in [6.07, 6.45) is 0. The molecule has 4 heteroatoms. The van der Waals surface area contributed by atoms with Crippen molar-refractivity contribution in [3.05, 3.63) is 83.4 Å². The van der Waals surface area contributed by atoms with Crippen molar-refractivity contribution < 1.29 is 8.78 Å². The van der Waals surface area contributed by atoms with E-state index < -0.39 is 11.6 Å². The molecule has 0 amide bonds. The van der Waals surface area contributed by atoms with Crippen LogP contribution >= 0.6 is 0 Å². The summed E-state index contributed by atoms with van der Waals surface area (Å²) in [4.78, 5) is 4.76. The van der Waals surface area contributed by atoms with Gasteiger partial charge in [-0.1, -0.05) is 48.5 Å². The minimum absolute atomic E-state index is 0.666. The summed E-state index contributed by atoms with van der Waals surface area (Å²) in [6, 6.07) is 19.2. The first-order chi connectivity index (χ1) is 12.7. The highest BCUT2D eigenvalue weighted by atomic mass is 19.2. The van der Waals surface area contributed by atoms with E-state index in [1.165, 1.54) is 28.5 Å². The van der Waals surface area contributed by atoms with E-state index >= 15 is 0 Å². The second-order valence-electron chi connectivity index (χ2n) is 6.94. The Morgan fingerprint density at radius 3 is 2.15 bits per heavy atom. The van der Waals surface area contributed by atoms with E-state index in [9.17, 15) is 8.78 Å². The molecule has 4 rings (SSSR count). The van der Waals surface area contributed by atoms with E-state index in [1.807, 2.05) is 0 Å². The molecule has 0 unspecified atom stereocenters. The summed E-state index contributed by atoms with van der Waals surface area (Å²) in [7, 11) is 0. The molecule has 0 radical (unpaired) electrons. The number of piperazine rings is 1. The maximum Gasteiger partial charge on any atom is 0.159 e. The van der Waals surface area contributed by atoms with Crippen molar-refractivity contribution in [2.24, 2.45) is 0 Å². The van der Waals surface area contributed by atoms with Gasteiger partial charge in [-0.2, -0.15) is 0 Å². The van der Waals surface area contributed by atoms with Crippen molar-refractivity contribution in [2.75, 3.05) is 26.2 Å². The highest BCUT2D eigenvalue weighted by molar-refractivity contribution is 5.85. The molecule has 0 aliphatic carbocycles. The smallest absolute Gasteiger partial charge is 0.159 e. The fourth-order valence-electron chi connectivity index (χ4n) is 3.67. The zero-order chi connectivity index (χ0) is 17.9. The van der Waals surface area contributed by atoms with E-state index in [2.05, 4.69) is 52.3 Å². The van der Waals surface area contributed by atoms with E-state index in [1.54, 1.807) is 6.07 Å². The third-order valence-corrected chi connectivity index (χ3v) is 5.13. The average molecular weight is 352 g/mol. The molecular formula is C22H22F2N2. The van der Waals surface area contributed by atoms with Crippen molar-refractivity contribution in [3.8, 4) is 0 Å². The number of hydrogen-bond donors (Lipinski definition) is 0. The Morgan fingerprint density at radius 1 is 0.692 bits per heavy atom. The van der Waals surface area contributed by atoms with E-state index in [4.69, 9.17) is 0 Å². The zero-order valence-corrected chi connectivity index (χ0v) is 14.7. The van der Waals surface area contributed by atoms with Crippen LogP contribution in [0.5, 0.6) is 0 Å². The van der Waals surface area contributed by atoms with E-state index in [-0.39, 0.29) is 0 Å². The molecule has 1 fully saturated rings. The second-order valence-corrected chi connectivity index (χ2v) is 6.94. The second kappa shape index (κ2) is 7.52. The first kappa shape index (κ1) is 17.1. The summed E-state index contributed by atoms with van der Waals surface area (Å²) in [5.74, 6) is -1.55. The van der Waals surface area contributed by atoms with Crippen LogP contribution < -0.4 is 0 Å². The van der Waals surface area contributed by atoms with Gasteiger partial charge >= 0.3 is 0 Å². The van der Waals surface area contributed by atoms with Crippen molar-refractivity contribution in [2.45, 2.75) is 13.1 Å². The summed E-state index contributed by atoms with van der Waals surface area (Å²) in [6.45, 7) is 5.44. The fraction of sp³-hybridized carbons (Fsp3) is 0.273. The lowest BCUT2D eigenvalue weighted by Crippen LogP contribution is -2.45.